The minimum atomic E-state index is 0.00255. The molecule has 2 heterocycles. The summed E-state index contributed by atoms with van der Waals surface area (Å²) in [5, 5.41) is 9.68. The van der Waals surface area contributed by atoms with Crippen molar-refractivity contribution in [1.82, 2.24) is 14.9 Å². The lowest BCUT2D eigenvalue weighted by atomic mass is 9.54. The Morgan fingerprint density at radius 1 is 1.26 bits per heavy atom. The van der Waals surface area contributed by atoms with Gasteiger partial charge in [0.15, 0.2) is 0 Å². The number of rotatable bonds is 0. The van der Waals surface area contributed by atoms with Gasteiger partial charge in [-0.15, -0.1) is 0 Å². The summed E-state index contributed by atoms with van der Waals surface area (Å²) < 4.78 is 0. The van der Waals surface area contributed by atoms with E-state index in [1.54, 1.807) is 0 Å². The summed E-state index contributed by atoms with van der Waals surface area (Å²) in [5.74, 6) is 0.698. The molecule has 5 rings (SSSR count). The Kier molecular flexibility index (Phi) is 2.59. The van der Waals surface area contributed by atoms with E-state index in [0.29, 0.717) is 12.0 Å². The number of fused-ring (bicyclic) bond motifs is 2. The molecule has 1 aromatic carbocycles. The van der Waals surface area contributed by atoms with E-state index >= 15 is 0 Å². The molecular formula is C19H21N3O. The number of likely N-dealkylation sites (N-methyl/N-ethyl adjacent to an activating group) is 1. The first-order valence-electron chi connectivity index (χ1n) is 8.58. The Hall–Kier alpha value is -2.10. The molecule has 1 aromatic heterocycles. The van der Waals surface area contributed by atoms with Crippen molar-refractivity contribution in [2.75, 3.05) is 7.05 Å². The van der Waals surface area contributed by atoms with Crippen molar-refractivity contribution in [3.63, 3.8) is 0 Å². The maximum atomic E-state index is 9.68. The summed E-state index contributed by atoms with van der Waals surface area (Å²) in [6.45, 7) is 0. The van der Waals surface area contributed by atoms with Gasteiger partial charge in [-0.3, -0.25) is 0 Å². The van der Waals surface area contributed by atoms with Crippen LogP contribution in [0.25, 0.3) is 11.0 Å². The van der Waals surface area contributed by atoms with Crippen LogP contribution in [0.3, 0.4) is 0 Å². The third-order valence-electron chi connectivity index (χ3n) is 6.30. The molecule has 1 N–H and O–H groups in total. The molecule has 2 aromatic rings. The zero-order valence-electron chi connectivity index (χ0n) is 13.4. The maximum absolute atomic E-state index is 9.68. The Labute approximate surface area is 135 Å². The van der Waals surface area contributed by atoms with E-state index in [1.165, 1.54) is 43.0 Å². The van der Waals surface area contributed by atoms with Crippen LogP contribution in [0.15, 0.2) is 30.6 Å². The van der Waals surface area contributed by atoms with Gasteiger partial charge in [0.25, 0.3) is 0 Å². The van der Waals surface area contributed by atoms with Gasteiger partial charge in [-0.2, -0.15) is 0 Å². The number of nitrogens with zero attached hydrogens (tertiary/aromatic N) is 3. The molecule has 0 amide bonds. The predicted octanol–water partition coefficient (Wildman–Crippen LogP) is 3.15. The van der Waals surface area contributed by atoms with Crippen molar-refractivity contribution < 1.29 is 5.11 Å². The third kappa shape index (κ3) is 1.72. The first-order chi connectivity index (χ1) is 11.2. The second-order valence-electron chi connectivity index (χ2n) is 7.37. The van der Waals surface area contributed by atoms with E-state index in [-0.39, 0.29) is 11.3 Å². The van der Waals surface area contributed by atoms with Crippen molar-refractivity contribution in [3.05, 3.63) is 41.7 Å². The summed E-state index contributed by atoms with van der Waals surface area (Å²) in [6.07, 6.45) is 12.4. The second-order valence-corrected chi connectivity index (χ2v) is 7.37. The highest BCUT2D eigenvalue weighted by Gasteiger charge is 2.51. The zero-order chi connectivity index (χ0) is 15.6. The largest absolute Gasteiger partial charge is 0.492 e. The Morgan fingerprint density at radius 3 is 3.09 bits per heavy atom. The average molecular weight is 307 g/mol. The molecule has 118 valence electrons. The van der Waals surface area contributed by atoms with Crippen LogP contribution in [0.5, 0.6) is 5.88 Å². The summed E-state index contributed by atoms with van der Waals surface area (Å²) >= 11 is 0. The van der Waals surface area contributed by atoms with E-state index in [1.807, 2.05) is 0 Å². The molecule has 23 heavy (non-hydrogen) atoms. The molecule has 2 aliphatic carbocycles. The van der Waals surface area contributed by atoms with Gasteiger partial charge in [0, 0.05) is 18.5 Å². The van der Waals surface area contributed by atoms with Crippen molar-refractivity contribution in [2.24, 2.45) is 5.92 Å². The van der Waals surface area contributed by atoms with Crippen LogP contribution in [0, 0.1) is 5.92 Å². The second kappa shape index (κ2) is 4.47. The van der Waals surface area contributed by atoms with Gasteiger partial charge in [0.05, 0.1) is 17.2 Å². The molecule has 1 saturated carbocycles. The fraction of sp³-hybridized carbons (Fsp3) is 0.474. The molecule has 0 spiro atoms. The minimum absolute atomic E-state index is 0.00255. The average Bonchev–Trinajstić information content (AvgIpc) is 2.57. The van der Waals surface area contributed by atoms with E-state index in [9.17, 15) is 5.11 Å². The van der Waals surface area contributed by atoms with Gasteiger partial charge in [0.1, 0.15) is 0 Å². The molecule has 1 aliphatic heterocycles. The molecular weight excluding hydrogens is 286 g/mol. The summed E-state index contributed by atoms with van der Waals surface area (Å²) in [7, 11) is 2.21. The molecule has 0 saturated heterocycles. The first kappa shape index (κ1) is 13.3. The summed E-state index contributed by atoms with van der Waals surface area (Å²) in [4.78, 5) is 11.1. The fourth-order valence-corrected chi connectivity index (χ4v) is 5.24. The highest BCUT2D eigenvalue weighted by molar-refractivity contribution is 5.78. The predicted molar refractivity (Wildman–Crippen MR) is 89.2 cm³/mol. The number of hydrogen-bond donors (Lipinski definition) is 1. The van der Waals surface area contributed by atoms with Crippen LogP contribution >= 0.6 is 0 Å². The lowest BCUT2D eigenvalue weighted by molar-refractivity contribution is 0.0909. The number of aromatic nitrogens is 2. The minimum Gasteiger partial charge on any atom is -0.492 e. The van der Waals surface area contributed by atoms with Crippen molar-refractivity contribution in [2.45, 2.75) is 43.6 Å². The van der Waals surface area contributed by atoms with E-state index in [0.717, 1.165) is 17.5 Å². The lowest BCUT2D eigenvalue weighted by Crippen LogP contribution is -2.55. The van der Waals surface area contributed by atoms with Crippen LogP contribution in [0.1, 0.15) is 36.8 Å². The maximum Gasteiger partial charge on any atom is 0.230 e. The Balaban J connectivity index is 1.79. The molecule has 4 heteroatoms. The van der Waals surface area contributed by atoms with Crippen LogP contribution < -0.4 is 0 Å². The Bertz CT molecular complexity index is 831. The third-order valence-corrected chi connectivity index (χ3v) is 6.30. The van der Waals surface area contributed by atoms with Crippen molar-refractivity contribution >= 4 is 11.0 Å². The molecule has 1 fully saturated rings. The highest BCUT2D eigenvalue weighted by atomic mass is 16.3. The lowest BCUT2D eigenvalue weighted by Gasteiger charge is -2.55. The van der Waals surface area contributed by atoms with Gasteiger partial charge in [0.2, 0.25) is 5.88 Å². The van der Waals surface area contributed by atoms with E-state index in [2.05, 4.69) is 46.3 Å². The van der Waals surface area contributed by atoms with Gasteiger partial charge >= 0.3 is 0 Å². The molecule has 0 unspecified atom stereocenters. The van der Waals surface area contributed by atoms with Gasteiger partial charge in [-0.05, 0) is 54.6 Å². The monoisotopic (exact) mass is 307 g/mol. The standard InChI is InChI=1S/C19H21N3O/c1-22-7-6-19-5-3-2-4-13(19)17(22)9-12-8-15-16(10-14(12)19)21-18(23)11-20-15/h6-8,10-11,13,17H,2-5,9H2,1H3,(H,21,23)/t13-,17+,19+/m0/s1. The van der Waals surface area contributed by atoms with Gasteiger partial charge in [-0.1, -0.05) is 18.9 Å². The van der Waals surface area contributed by atoms with Crippen LogP contribution in [0.4, 0.5) is 0 Å². The number of hydrogen-bond acceptors (Lipinski definition) is 4. The highest BCUT2D eigenvalue weighted by Crippen LogP contribution is 2.54. The Morgan fingerprint density at radius 2 is 2.17 bits per heavy atom. The topological polar surface area (TPSA) is 49.2 Å². The van der Waals surface area contributed by atoms with Crippen LogP contribution in [-0.2, 0) is 11.8 Å². The normalized spacial score (nSPS) is 31.8. The van der Waals surface area contributed by atoms with Crippen molar-refractivity contribution in [1.29, 1.82) is 0 Å². The molecule has 3 aliphatic rings. The van der Waals surface area contributed by atoms with E-state index < -0.39 is 0 Å². The summed E-state index contributed by atoms with van der Waals surface area (Å²) in [6, 6.07) is 4.99. The van der Waals surface area contributed by atoms with Crippen molar-refractivity contribution in [3.8, 4) is 5.88 Å². The molecule has 0 radical (unpaired) electrons. The SMILES string of the molecule is CN1C=C[C@]23CCCC[C@H]2[C@H]1Cc1cc2ncc(O)nc2cc13. The first-order valence-corrected chi connectivity index (χ1v) is 8.58. The van der Waals surface area contributed by atoms with Crippen LogP contribution in [0.2, 0.25) is 0 Å². The zero-order valence-corrected chi connectivity index (χ0v) is 13.4. The quantitative estimate of drug-likeness (QED) is 0.812. The number of allylic oxidation sites excluding steroid dienone is 1. The molecule has 4 nitrogen and oxygen atoms in total. The smallest absolute Gasteiger partial charge is 0.230 e. The van der Waals surface area contributed by atoms with Gasteiger partial charge in [-0.25, -0.2) is 9.97 Å². The molecule has 2 bridgehead atoms. The summed E-state index contributed by atoms with van der Waals surface area (Å²) in [5.41, 5.74) is 4.70. The number of aromatic hydroxyl groups is 1. The van der Waals surface area contributed by atoms with Gasteiger partial charge < -0.3 is 10.0 Å². The van der Waals surface area contributed by atoms with E-state index in [4.69, 9.17) is 0 Å². The van der Waals surface area contributed by atoms with Crippen LogP contribution in [-0.4, -0.2) is 33.1 Å². The molecule has 3 atom stereocenters. The fourth-order valence-electron chi connectivity index (χ4n) is 5.24. The number of benzene rings is 1.